The number of hydrogen-bond acceptors (Lipinski definition) is 5. The molecule has 1 unspecified atom stereocenters. The van der Waals surface area contributed by atoms with Gasteiger partial charge in [0.1, 0.15) is 18.0 Å². The van der Waals surface area contributed by atoms with Crippen molar-refractivity contribution in [1.82, 2.24) is 9.97 Å². The lowest BCUT2D eigenvalue weighted by Gasteiger charge is -2.34. The van der Waals surface area contributed by atoms with Gasteiger partial charge < -0.3 is 15.0 Å². The first kappa shape index (κ1) is 15.0. The molecule has 2 heterocycles. The molecule has 1 fully saturated rings. The van der Waals surface area contributed by atoms with Crippen molar-refractivity contribution in [2.45, 2.75) is 32.6 Å². The van der Waals surface area contributed by atoms with Crippen molar-refractivity contribution in [3.8, 4) is 0 Å². The van der Waals surface area contributed by atoms with Crippen LogP contribution >= 0.6 is 0 Å². The monoisotopic (exact) mass is 278 g/mol. The fourth-order valence-electron chi connectivity index (χ4n) is 3.00. The quantitative estimate of drug-likeness (QED) is 0.865. The highest BCUT2D eigenvalue weighted by Gasteiger charge is 2.23. The Kier molecular flexibility index (Phi) is 5.59. The second kappa shape index (κ2) is 7.43. The molecule has 0 spiro atoms. The summed E-state index contributed by atoms with van der Waals surface area (Å²) in [7, 11) is 3.71. The summed E-state index contributed by atoms with van der Waals surface area (Å²) in [5.41, 5.74) is 1.25. The van der Waals surface area contributed by atoms with Gasteiger partial charge in [0.2, 0.25) is 0 Å². The molecule has 1 aromatic rings. The van der Waals surface area contributed by atoms with E-state index >= 15 is 0 Å². The maximum atomic E-state index is 5.32. The number of piperidine rings is 1. The Hall–Kier alpha value is -1.36. The van der Waals surface area contributed by atoms with Crippen LogP contribution in [0.1, 0.15) is 31.7 Å². The van der Waals surface area contributed by atoms with Crippen molar-refractivity contribution in [3.05, 3.63) is 11.9 Å². The van der Waals surface area contributed by atoms with E-state index in [1.54, 1.807) is 13.4 Å². The highest BCUT2D eigenvalue weighted by Crippen LogP contribution is 2.28. The van der Waals surface area contributed by atoms with Crippen LogP contribution in [0, 0.1) is 5.92 Å². The zero-order chi connectivity index (χ0) is 14.4. The van der Waals surface area contributed by atoms with E-state index in [0.29, 0.717) is 5.92 Å². The fourth-order valence-corrected chi connectivity index (χ4v) is 3.00. The minimum atomic E-state index is 0.608. The molecule has 0 bridgehead atoms. The van der Waals surface area contributed by atoms with Gasteiger partial charge in [0.25, 0.3) is 0 Å². The third-order valence-electron chi connectivity index (χ3n) is 3.88. The molecule has 1 atom stereocenters. The zero-order valence-electron chi connectivity index (χ0n) is 12.9. The number of ether oxygens (including phenoxy) is 1. The van der Waals surface area contributed by atoms with Crippen LogP contribution in [-0.2, 0) is 11.2 Å². The molecule has 5 heteroatoms. The second-order valence-electron chi connectivity index (χ2n) is 5.43. The van der Waals surface area contributed by atoms with Gasteiger partial charge in [0.05, 0.1) is 6.61 Å². The number of rotatable bonds is 6. The van der Waals surface area contributed by atoms with E-state index < -0.39 is 0 Å². The molecule has 1 saturated heterocycles. The number of hydrogen-bond donors (Lipinski definition) is 1. The number of aromatic nitrogens is 2. The van der Waals surface area contributed by atoms with Crippen molar-refractivity contribution in [1.29, 1.82) is 0 Å². The van der Waals surface area contributed by atoms with Crippen LogP contribution in [0.25, 0.3) is 0 Å². The molecular formula is C15H26N4O. The van der Waals surface area contributed by atoms with Crippen molar-refractivity contribution < 1.29 is 4.74 Å². The summed E-state index contributed by atoms with van der Waals surface area (Å²) in [4.78, 5) is 11.3. The molecule has 1 N–H and O–H groups in total. The summed E-state index contributed by atoms with van der Waals surface area (Å²) in [5.74, 6) is 2.67. The molecule has 112 valence electrons. The third-order valence-corrected chi connectivity index (χ3v) is 3.88. The normalized spacial score (nSPS) is 19.1. The van der Waals surface area contributed by atoms with E-state index in [2.05, 4.69) is 27.1 Å². The first-order valence-corrected chi connectivity index (χ1v) is 7.55. The van der Waals surface area contributed by atoms with Crippen LogP contribution in [0.4, 0.5) is 11.6 Å². The van der Waals surface area contributed by atoms with Crippen LogP contribution in [0.3, 0.4) is 0 Å². The maximum Gasteiger partial charge on any atom is 0.137 e. The van der Waals surface area contributed by atoms with E-state index in [9.17, 15) is 0 Å². The van der Waals surface area contributed by atoms with E-state index in [0.717, 1.165) is 44.2 Å². The Morgan fingerprint density at radius 3 is 3.00 bits per heavy atom. The standard InChI is InChI=1S/C15H26N4O/c1-4-6-13-14(16-2)17-11-18-15(13)19-8-5-7-12(9-19)10-20-3/h11-12H,4-10H2,1-3H3,(H,16,17,18). The Labute approximate surface area is 121 Å². The molecule has 0 aliphatic carbocycles. The lowest BCUT2D eigenvalue weighted by molar-refractivity contribution is 0.143. The second-order valence-corrected chi connectivity index (χ2v) is 5.43. The summed E-state index contributed by atoms with van der Waals surface area (Å²) in [6.45, 7) is 5.14. The summed E-state index contributed by atoms with van der Waals surface area (Å²) in [5, 5.41) is 3.19. The molecule has 1 aromatic heterocycles. The van der Waals surface area contributed by atoms with Crippen LogP contribution < -0.4 is 10.2 Å². The topological polar surface area (TPSA) is 50.3 Å². The van der Waals surface area contributed by atoms with Crippen molar-refractivity contribution in [2.24, 2.45) is 5.92 Å². The van der Waals surface area contributed by atoms with Gasteiger partial charge in [-0.3, -0.25) is 0 Å². The van der Waals surface area contributed by atoms with Crippen molar-refractivity contribution >= 4 is 11.6 Å². The average Bonchev–Trinajstić information content (AvgIpc) is 2.48. The Balaban J connectivity index is 2.22. The summed E-state index contributed by atoms with van der Waals surface area (Å²) >= 11 is 0. The number of methoxy groups -OCH3 is 1. The fraction of sp³-hybridized carbons (Fsp3) is 0.733. The van der Waals surface area contributed by atoms with Crippen LogP contribution in [0.5, 0.6) is 0 Å². The summed E-state index contributed by atoms with van der Waals surface area (Å²) in [6, 6.07) is 0. The van der Waals surface area contributed by atoms with Crippen molar-refractivity contribution in [3.63, 3.8) is 0 Å². The number of anilines is 2. The molecule has 20 heavy (non-hydrogen) atoms. The minimum absolute atomic E-state index is 0.608. The van der Waals surface area contributed by atoms with E-state index in [1.165, 1.54) is 18.4 Å². The smallest absolute Gasteiger partial charge is 0.137 e. The van der Waals surface area contributed by atoms with Gasteiger partial charge in [0, 0.05) is 32.8 Å². The van der Waals surface area contributed by atoms with Crippen LogP contribution in [0.2, 0.25) is 0 Å². The molecule has 1 aliphatic heterocycles. The predicted molar refractivity (Wildman–Crippen MR) is 82.4 cm³/mol. The van der Waals surface area contributed by atoms with Crippen LogP contribution in [-0.4, -0.2) is 43.8 Å². The molecule has 2 rings (SSSR count). The summed E-state index contributed by atoms with van der Waals surface area (Å²) in [6.07, 6.45) is 6.23. The predicted octanol–water partition coefficient (Wildman–Crippen LogP) is 2.33. The molecule has 0 radical (unpaired) electrons. The lowest BCUT2D eigenvalue weighted by Crippen LogP contribution is -2.38. The van der Waals surface area contributed by atoms with E-state index in [-0.39, 0.29) is 0 Å². The lowest BCUT2D eigenvalue weighted by atomic mass is 9.98. The average molecular weight is 278 g/mol. The first-order chi connectivity index (χ1) is 9.80. The maximum absolute atomic E-state index is 5.32. The van der Waals surface area contributed by atoms with Gasteiger partial charge in [-0.1, -0.05) is 13.3 Å². The molecule has 0 amide bonds. The molecule has 5 nitrogen and oxygen atoms in total. The summed E-state index contributed by atoms with van der Waals surface area (Å²) < 4.78 is 5.32. The minimum Gasteiger partial charge on any atom is -0.384 e. The Morgan fingerprint density at radius 1 is 1.45 bits per heavy atom. The number of nitrogens with zero attached hydrogens (tertiary/aromatic N) is 3. The highest BCUT2D eigenvalue weighted by atomic mass is 16.5. The Morgan fingerprint density at radius 2 is 2.30 bits per heavy atom. The highest BCUT2D eigenvalue weighted by molar-refractivity contribution is 5.58. The zero-order valence-corrected chi connectivity index (χ0v) is 12.9. The van der Waals surface area contributed by atoms with Gasteiger partial charge in [-0.15, -0.1) is 0 Å². The van der Waals surface area contributed by atoms with E-state index in [1.807, 2.05) is 7.05 Å². The third kappa shape index (κ3) is 3.39. The van der Waals surface area contributed by atoms with Gasteiger partial charge in [-0.2, -0.15) is 0 Å². The van der Waals surface area contributed by atoms with Gasteiger partial charge in [-0.25, -0.2) is 9.97 Å². The van der Waals surface area contributed by atoms with Gasteiger partial charge in [0.15, 0.2) is 0 Å². The molecular weight excluding hydrogens is 252 g/mol. The largest absolute Gasteiger partial charge is 0.384 e. The number of nitrogens with one attached hydrogen (secondary N) is 1. The van der Waals surface area contributed by atoms with E-state index in [4.69, 9.17) is 4.74 Å². The SMILES string of the molecule is CCCc1c(NC)ncnc1N1CCCC(COC)C1. The first-order valence-electron chi connectivity index (χ1n) is 7.55. The molecule has 1 aliphatic rings. The molecule has 0 saturated carbocycles. The van der Waals surface area contributed by atoms with Gasteiger partial charge in [-0.05, 0) is 25.2 Å². The Bertz CT molecular complexity index is 422. The van der Waals surface area contributed by atoms with Crippen molar-refractivity contribution in [2.75, 3.05) is 44.1 Å². The molecule has 0 aromatic carbocycles. The van der Waals surface area contributed by atoms with Crippen LogP contribution in [0.15, 0.2) is 6.33 Å². The van der Waals surface area contributed by atoms with Gasteiger partial charge >= 0.3 is 0 Å².